The van der Waals surface area contributed by atoms with E-state index < -0.39 is 0 Å². The van der Waals surface area contributed by atoms with Crippen LogP contribution in [0.15, 0.2) is 12.1 Å². The third kappa shape index (κ3) is 3.18. The minimum absolute atomic E-state index is 0. The number of aryl methyl sites for hydroxylation is 2. The first-order chi connectivity index (χ1) is 8.09. The average Bonchev–Trinajstić information content (AvgIpc) is 2.35. The Hall–Kier alpha value is -0.730. The minimum atomic E-state index is 0. The van der Waals surface area contributed by atoms with Crippen LogP contribution in [0.1, 0.15) is 54.8 Å². The topological polar surface area (TPSA) is 46.2 Å². The summed E-state index contributed by atoms with van der Waals surface area (Å²) in [4.78, 5) is 0. The van der Waals surface area contributed by atoms with Crippen molar-refractivity contribution in [1.82, 2.24) is 0 Å². The lowest BCUT2D eigenvalue weighted by molar-refractivity contribution is 0.308. The minimum Gasteiger partial charge on any atom is -0.507 e. The maximum Gasteiger partial charge on any atom is 0.121 e. The molecule has 2 nitrogen and oxygen atoms in total. The zero-order valence-corrected chi connectivity index (χ0v) is 12.1. The van der Waals surface area contributed by atoms with Crippen LogP contribution in [0.2, 0.25) is 0 Å². The van der Waals surface area contributed by atoms with Crippen molar-refractivity contribution in [3.05, 3.63) is 28.8 Å². The van der Waals surface area contributed by atoms with Gasteiger partial charge in [-0.05, 0) is 49.3 Å². The van der Waals surface area contributed by atoms with Gasteiger partial charge in [-0.3, -0.25) is 0 Å². The van der Waals surface area contributed by atoms with Crippen LogP contribution in [-0.2, 0) is 0 Å². The smallest absolute Gasteiger partial charge is 0.121 e. The number of rotatable bonds is 2. The van der Waals surface area contributed by atoms with Crippen molar-refractivity contribution in [2.24, 2.45) is 11.7 Å². The second kappa shape index (κ2) is 6.44. The molecule has 0 bridgehead atoms. The number of halogens is 1. The zero-order chi connectivity index (χ0) is 12.4. The van der Waals surface area contributed by atoms with Gasteiger partial charge in [0.1, 0.15) is 5.75 Å². The Morgan fingerprint density at radius 3 is 2.11 bits per heavy atom. The highest BCUT2D eigenvalue weighted by Crippen LogP contribution is 2.35. The SMILES string of the molecule is Cc1cc([C@H](N)C2CCCCC2)cc(C)c1O.Cl. The summed E-state index contributed by atoms with van der Waals surface area (Å²) < 4.78 is 0. The molecule has 2 rings (SSSR count). The predicted octanol–water partition coefficient (Wildman–Crippen LogP) is 4.01. The number of hydrogen-bond acceptors (Lipinski definition) is 2. The van der Waals surface area contributed by atoms with Crippen LogP contribution in [0.5, 0.6) is 5.75 Å². The first-order valence-corrected chi connectivity index (χ1v) is 6.65. The van der Waals surface area contributed by atoms with E-state index >= 15 is 0 Å². The first kappa shape index (κ1) is 15.3. The molecule has 1 aliphatic carbocycles. The van der Waals surface area contributed by atoms with Crippen LogP contribution in [0.4, 0.5) is 0 Å². The van der Waals surface area contributed by atoms with Gasteiger partial charge in [0.05, 0.1) is 0 Å². The second-order valence-corrected chi connectivity index (χ2v) is 5.43. The zero-order valence-electron chi connectivity index (χ0n) is 11.3. The van der Waals surface area contributed by atoms with Crippen molar-refractivity contribution in [2.75, 3.05) is 0 Å². The fourth-order valence-electron chi connectivity index (χ4n) is 2.95. The predicted molar refractivity (Wildman–Crippen MR) is 78.3 cm³/mol. The van der Waals surface area contributed by atoms with Crippen LogP contribution in [-0.4, -0.2) is 5.11 Å². The van der Waals surface area contributed by atoms with Crippen LogP contribution >= 0.6 is 12.4 Å². The number of aromatic hydroxyl groups is 1. The van der Waals surface area contributed by atoms with Crippen LogP contribution in [0.3, 0.4) is 0 Å². The number of benzene rings is 1. The van der Waals surface area contributed by atoms with Crippen LogP contribution in [0, 0.1) is 19.8 Å². The van der Waals surface area contributed by atoms with E-state index in [-0.39, 0.29) is 18.4 Å². The van der Waals surface area contributed by atoms with Gasteiger partial charge < -0.3 is 10.8 Å². The van der Waals surface area contributed by atoms with Crippen LogP contribution in [0.25, 0.3) is 0 Å². The van der Waals surface area contributed by atoms with Crippen molar-refractivity contribution in [3.8, 4) is 5.75 Å². The van der Waals surface area contributed by atoms with Crippen molar-refractivity contribution in [1.29, 1.82) is 0 Å². The van der Waals surface area contributed by atoms with E-state index in [4.69, 9.17) is 5.73 Å². The third-order valence-electron chi connectivity index (χ3n) is 4.06. The highest BCUT2D eigenvalue weighted by molar-refractivity contribution is 5.85. The summed E-state index contributed by atoms with van der Waals surface area (Å²) in [5.41, 5.74) is 9.43. The molecule has 1 aromatic rings. The molecule has 0 saturated heterocycles. The average molecular weight is 270 g/mol. The van der Waals surface area contributed by atoms with E-state index in [2.05, 4.69) is 0 Å². The second-order valence-electron chi connectivity index (χ2n) is 5.43. The Bertz CT molecular complexity index is 376. The maximum absolute atomic E-state index is 9.78. The molecule has 1 atom stereocenters. The molecule has 1 aromatic carbocycles. The molecule has 1 saturated carbocycles. The molecule has 0 spiro atoms. The van der Waals surface area contributed by atoms with Crippen molar-refractivity contribution >= 4 is 12.4 Å². The van der Waals surface area contributed by atoms with Gasteiger partial charge in [0.2, 0.25) is 0 Å². The highest BCUT2D eigenvalue weighted by atomic mass is 35.5. The molecule has 1 fully saturated rings. The summed E-state index contributed by atoms with van der Waals surface area (Å²) in [7, 11) is 0. The fourth-order valence-corrected chi connectivity index (χ4v) is 2.95. The van der Waals surface area contributed by atoms with E-state index in [1.54, 1.807) is 0 Å². The fraction of sp³-hybridized carbons (Fsp3) is 0.600. The number of hydrogen-bond donors (Lipinski definition) is 2. The molecule has 3 heteroatoms. The van der Waals surface area contributed by atoms with Gasteiger partial charge in [-0.2, -0.15) is 0 Å². The molecular formula is C15H24ClNO. The lowest BCUT2D eigenvalue weighted by Crippen LogP contribution is -2.23. The Labute approximate surface area is 116 Å². The molecule has 0 aliphatic heterocycles. The molecule has 0 heterocycles. The van der Waals surface area contributed by atoms with Gasteiger partial charge in [-0.1, -0.05) is 31.4 Å². The van der Waals surface area contributed by atoms with Gasteiger partial charge in [0.25, 0.3) is 0 Å². The maximum atomic E-state index is 9.78. The summed E-state index contributed by atoms with van der Waals surface area (Å²) >= 11 is 0. The van der Waals surface area contributed by atoms with Gasteiger partial charge >= 0.3 is 0 Å². The summed E-state index contributed by atoms with van der Waals surface area (Å²) in [5.74, 6) is 1.02. The van der Waals surface area contributed by atoms with E-state index in [0.717, 1.165) is 11.1 Å². The van der Waals surface area contributed by atoms with Gasteiger partial charge in [0, 0.05) is 6.04 Å². The Morgan fingerprint density at radius 1 is 1.11 bits per heavy atom. The summed E-state index contributed by atoms with van der Waals surface area (Å²) in [6, 6.07) is 4.22. The first-order valence-electron chi connectivity index (χ1n) is 6.65. The molecule has 1 aliphatic rings. The molecular weight excluding hydrogens is 246 g/mol. The standard InChI is InChI=1S/C15H23NO.ClH/c1-10-8-13(9-11(2)15(10)17)14(16)12-6-4-3-5-7-12;/h8-9,12,14,17H,3-7,16H2,1-2H3;1H/t14-;/m1./s1. The summed E-state index contributed by atoms with van der Waals surface area (Å²) in [6.07, 6.45) is 6.49. The Balaban J connectivity index is 0.00000162. The quantitative estimate of drug-likeness (QED) is 0.852. The number of nitrogens with two attached hydrogens (primary N) is 1. The highest BCUT2D eigenvalue weighted by Gasteiger charge is 2.22. The summed E-state index contributed by atoms with van der Waals surface area (Å²) in [5, 5.41) is 9.78. The Kier molecular flexibility index (Phi) is 5.48. The summed E-state index contributed by atoms with van der Waals surface area (Å²) in [6.45, 7) is 3.89. The number of phenols is 1. The molecule has 0 amide bonds. The lowest BCUT2D eigenvalue weighted by atomic mass is 9.81. The molecule has 18 heavy (non-hydrogen) atoms. The normalized spacial score (nSPS) is 18.2. The van der Waals surface area contributed by atoms with E-state index in [0.29, 0.717) is 11.7 Å². The van der Waals surface area contributed by atoms with Crippen molar-refractivity contribution in [3.63, 3.8) is 0 Å². The van der Waals surface area contributed by atoms with Crippen LogP contribution < -0.4 is 5.73 Å². The number of phenolic OH excluding ortho intramolecular Hbond substituents is 1. The molecule has 3 N–H and O–H groups in total. The van der Waals surface area contributed by atoms with Crippen molar-refractivity contribution < 1.29 is 5.11 Å². The van der Waals surface area contributed by atoms with Gasteiger partial charge in [0.15, 0.2) is 0 Å². The van der Waals surface area contributed by atoms with Crippen molar-refractivity contribution in [2.45, 2.75) is 52.0 Å². The third-order valence-corrected chi connectivity index (χ3v) is 4.06. The molecule has 102 valence electrons. The van der Waals surface area contributed by atoms with E-state index in [9.17, 15) is 5.11 Å². The largest absolute Gasteiger partial charge is 0.507 e. The monoisotopic (exact) mass is 269 g/mol. The molecule has 0 unspecified atom stereocenters. The molecule has 0 aromatic heterocycles. The van der Waals surface area contributed by atoms with Gasteiger partial charge in [-0.25, -0.2) is 0 Å². The Morgan fingerprint density at radius 2 is 1.61 bits per heavy atom. The van der Waals surface area contributed by atoms with Gasteiger partial charge in [-0.15, -0.1) is 12.4 Å². The van der Waals surface area contributed by atoms with E-state index in [1.165, 1.54) is 37.7 Å². The van der Waals surface area contributed by atoms with E-state index in [1.807, 2.05) is 26.0 Å². The molecule has 0 radical (unpaired) electrons. The lowest BCUT2D eigenvalue weighted by Gasteiger charge is -2.28.